The minimum absolute atomic E-state index is 0.0106. The van der Waals surface area contributed by atoms with Crippen molar-refractivity contribution in [1.29, 1.82) is 0 Å². The standard InChI is InChI=1S/C27H28FN5O4/c1-27(26(36)30-14-18-7-3-4-9-21(18)37-2)15-32-16-31-22(23(32)25(35)33(27)20-10-11-20)24(34)29-13-17-6-5-8-19(28)12-17/h3-9,12,16,20H,10-11,13-15H2,1-2H3,(H,29,34)(H,30,36)/t27-/m1/s1. The number of methoxy groups -OCH3 is 1. The Hall–Kier alpha value is -4.21. The zero-order valence-corrected chi connectivity index (χ0v) is 20.7. The molecule has 10 heteroatoms. The van der Waals surface area contributed by atoms with Crippen molar-refractivity contribution in [1.82, 2.24) is 25.1 Å². The molecule has 1 atom stereocenters. The topological polar surface area (TPSA) is 106 Å². The third kappa shape index (κ3) is 4.66. The third-order valence-corrected chi connectivity index (χ3v) is 6.86. The second kappa shape index (κ2) is 9.68. The van der Waals surface area contributed by atoms with Crippen molar-refractivity contribution >= 4 is 17.7 Å². The van der Waals surface area contributed by atoms with Crippen LogP contribution >= 0.6 is 0 Å². The number of hydrogen-bond donors (Lipinski definition) is 2. The van der Waals surface area contributed by atoms with E-state index in [1.165, 1.54) is 18.5 Å². The van der Waals surface area contributed by atoms with Crippen LogP contribution < -0.4 is 15.4 Å². The van der Waals surface area contributed by atoms with Gasteiger partial charge in [-0.25, -0.2) is 9.37 Å². The van der Waals surface area contributed by atoms with E-state index >= 15 is 0 Å². The smallest absolute Gasteiger partial charge is 0.274 e. The van der Waals surface area contributed by atoms with E-state index in [2.05, 4.69) is 15.6 Å². The summed E-state index contributed by atoms with van der Waals surface area (Å²) >= 11 is 0. The van der Waals surface area contributed by atoms with E-state index in [1.807, 2.05) is 24.3 Å². The Morgan fingerprint density at radius 2 is 1.92 bits per heavy atom. The molecule has 2 N–H and O–H groups in total. The first-order valence-corrected chi connectivity index (χ1v) is 12.1. The monoisotopic (exact) mass is 505 g/mol. The maximum atomic E-state index is 13.7. The second-order valence-electron chi connectivity index (χ2n) is 9.56. The molecular formula is C27H28FN5O4. The molecule has 3 amide bonds. The quantitative estimate of drug-likeness (QED) is 0.490. The van der Waals surface area contributed by atoms with Crippen molar-refractivity contribution in [3.05, 3.63) is 83.2 Å². The van der Waals surface area contributed by atoms with Crippen molar-refractivity contribution < 1.29 is 23.5 Å². The predicted octanol–water partition coefficient (Wildman–Crippen LogP) is 2.65. The largest absolute Gasteiger partial charge is 0.496 e. The molecule has 1 saturated carbocycles. The fraction of sp³-hybridized carbons (Fsp3) is 0.333. The van der Waals surface area contributed by atoms with Crippen LogP contribution in [-0.4, -0.2) is 50.9 Å². The molecule has 0 saturated heterocycles. The molecule has 0 unspecified atom stereocenters. The number of fused-ring (bicyclic) bond motifs is 1. The van der Waals surface area contributed by atoms with E-state index in [0.717, 1.165) is 18.4 Å². The molecule has 0 bridgehead atoms. The molecule has 192 valence electrons. The Morgan fingerprint density at radius 1 is 1.14 bits per heavy atom. The lowest BCUT2D eigenvalue weighted by molar-refractivity contribution is -0.133. The summed E-state index contributed by atoms with van der Waals surface area (Å²) in [5.74, 6) is -0.972. The summed E-state index contributed by atoms with van der Waals surface area (Å²) in [6.07, 6.45) is 2.99. The first-order valence-electron chi connectivity index (χ1n) is 12.1. The predicted molar refractivity (Wildman–Crippen MR) is 132 cm³/mol. The van der Waals surface area contributed by atoms with Gasteiger partial charge >= 0.3 is 0 Å². The van der Waals surface area contributed by atoms with Crippen molar-refractivity contribution in [3.8, 4) is 5.75 Å². The Bertz CT molecular complexity index is 1370. The van der Waals surface area contributed by atoms with Crippen LogP contribution in [0.4, 0.5) is 4.39 Å². The Morgan fingerprint density at radius 3 is 2.65 bits per heavy atom. The number of carbonyl (C=O) groups is 3. The number of aromatic nitrogens is 2. The first kappa shape index (κ1) is 24.5. The Balaban J connectivity index is 1.36. The van der Waals surface area contributed by atoms with E-state index in [-0.39, 0.29) is 43.0 Å². The minimum Gasteiger partial charge on any atom is -0.496 e. The zero-order chi connectivity index (χ0) is 26.2. The molecule has 2 aromatic carbocycles. The lowest BCUT2D eigenvalue weighted by Gasteiger charge is -2.44. The van der Waals surface area contributed by atoms with Crippen molar-refractivity contribution in [2.75, 3.05) is 7.11 Å². The number of nitrogens with zero attached hydrogens (tertiary/aromatic N) is 3. The van der Waals surface area contributed by atoms with E-state index in [9.17, 15) is 18.8 Å². The van der Waals surface area contributed by atoms with Crippen LogP contribution in [0.5, 0.6) is 5.75 Å². The van der Waals surface area contributed by atoms with Gasteiger partial charge in [0.2, 0.25) is 5.91 Å². The average Bonchev–Trinajstić information content (AvgIpc) is 3.63. The molecule has 9 nitrogen and oxygen atoms in total. The highest BCUT2D eigenvalue weighted by atomic mass is 19.1. The normalized spacial score (nSPS) is 18.8. The van der Waals surface area contributed by atoms with Gasteiger partial charge in [-0.05, 0) is 43.5 Å². The van der Waals surface area contributed by atoms with Crippen LogP contribution in [0.3, 0.4) is 0 Å². The molecule has 1 fully saturated rings. The molecule has 3 aromatic rings. The molecule has 1 aliphatic heterocycles. The van der Waals surface area contributed by atoms with Crippen molar-refractivity contribution in [2.45, 2.75) is 51.0 Å². The fourth-order valence-corrected chi connectivity index (χ4v) is 4.85. The van der Waals surface area contributed by atoms with E-state index < -0.39 is 23.2 Å². The van der Waals surface area contributed by atoms with Gasteiger partial charge in [-0.1, -0.05) is 30.3 Å². The van der Waals surface area contributed by atoms with Crippen molar-refractivity contribution in [3.63, 3.8) is 0 Å². The molecular weight excluding hydrogens is 477 g/mol. The van der Waals surface area contributed by atoms with Gasteiger partial charge in [-0.2, -0.15) is 0 Å². The number of para-hydroxylation sites is 1. The van der Waals surface area contributed by atoms with Gasteiger partial charge in [0.1, 0.15) is 22.8 Å². The highest BCUT2D eigenvalue weighted by molar-refractivity contribution is 6.07. The fourth-order valence-electron chi connectivity index (χ4n) is 4.85. The highest BCUT2D eigenvalue weighted by Gasteiger charge is 2.53. The van der Waals surface area contributed by atoms with E-state index in [1.54, 1.807) is 35.6 Å². The number of benzene rings is 2. The first-order chi connectivity index (χ1) is 17.8. The average molecular weight is 506 g/mol. The highest BCUT2D eigenvalue weighted by Crippen LogP contribution is 2.39. The van der Waals surface area contributed by atoms with Gasteiger partial charge in [0, 0.05) is 24.7 Å². The molecule has 0 spiro atoms. The number of nitrogens with one attached hydrogen (secondary N) is 2. The van der Waals surface area contributed by atoms with Gasteiger partial charge in [-0.3, -0.25) is 14.4 Å². The van der Waals surface area contributed by atoms with Crippen LogP contribution in [0, 0.1) is 5.82 Å². The molecule has 1 aliphatic carbocycles. The van der Waals surface area contributed by atoms with Crippen LogP contribution in [-0.2, 0) is 24.4 Å². The molecule has 37 heavy (non-hydrogen) atoms. The molecule has 5 rings (SSSR count). The SMILES string of the molecule is COc1ccccc1CNC(=O)[C@@]1(C)Cn2cnc(C(=O)NCc3cccc(F)c3)c2C(=O)N1C1CC1. The van der Waals surface area contributed by atoms with E-state index in [4.69, 9.17) is 4.74 Å². The minimum atomic E-state index is -1.16. The summed E-state index contributed by atoms with van der Waals surface area (Å²) < 4.78 is 20.4. The summed E-state index contributed by atoms with van der Waals surface area (Å²) in [6, 6.07) is 13.2. The summed E-state index contributed by atoms with van der Waals surface area (Å²) in [7, 11) is 1.57. The summed E-state index contributed by atoms with van der Waals surface area (Å²) in [5.41, 5.74) is 0.389. The number of carbonyl (C=O) groups excluding carboxylic acids is 3. The molecule has 1 aromatic heterocycles. The second-order valence-corrected chi connectivity index (χ2v) is 9.56. The number of hydrogen-bond acceptors (Lipinski definition) is 5. The maximum absolute atomic E-state index is 13.7. The lowest BCUT2D eigenvalue weighted by Crippen LogP contribution is -2.64. The number of rotatable bonds is 8. The van der Waals surface area contributed by atoms with E-state index in [0.29, 0.717) is 11.3 Å². The number of halogens is 1. The van der Waals surface area contributed by atoms with Crippen molar-refractivity contribution in [2.24, 2.45) is 0 Å². The molecule has 0 radical (unpaired) electrons. The van der Waals surface area contributed by atoms with Crippen LogP contribution in [0.15, 0.2) is 54.9 Å². The summed E-state index contributed by atoms with van der Waals surface area (Å²) in [6.45, 7) is 2.24. The third-order valence-electron chi connectivity index (χ3n) is 6.86. The molecule has 2 heterocycles. The molecule has 2 aliphatic rings. The Labute approximate surface area is 213 Å². The van der Waals surface area contributed by atoms with Gasteiger partial charge < -0.3 is 24.8 Å². The summed E-state index contributed by atoms with van der Waals surface area (Å²) in [5, 5.41) is 5.67. The zero-order valence-electron chi connectivity index (χ0n) is 20.7. The number of ether oxygens (including phenoxy) is 1. The van der Waals surface area contributed by atoms with Crippen LogP contribution in [0.2, 0.25) is 0 Å². The van der Waals surface area contributed by atoms with Crippen LogP contribution in [0.25, 0.3) is 0 Å². The number of imidazole rings is 1. The maximum Gasteiger partial charge on any atom is 0.274 e. The Kier molecular flexibility index (Phi) is 6.41. The number of amides is 3. The lowest BCUT2D eigenvalue weighted by atomic mass is 9.93. The van der Waals surface area contributed by atoms with Gasteiger partial charge in [0.05, 0.1) is 20.0 Å². The van der Waals surface area contributed by atoms with Gasteiger partial charge in [0.15, 0.2) is 5.69 Å². The summed E-state index contributed by atoms with van der Waals surface area (Å²) in [4.78, 5) is 46.0. The van der Waals surface area contributed by atoms with Gasteiger partial charge in [0.25, 0.3) is 11.8 Å². The van der Waals surface area contributed by atoms with Crippen LogP contribution in [0.1, 0.15) is 51.9 Å². The van der Waals surface area contributed by atoms with Gasteiger partial charge in [-0.15, -0.1) is 0 Å².